The van der Waals surface area contributed by atoms with Crippen molar-refractivity contribution in [1.29, 1.82) is 10.5 Å². The number of rotatable bonds is 5. The topological polar surface area (TPSA) is 109 Å². The Bertz CT molecular complexity index is 1110. The van der Waals surface area contributed by atoms with Gasteiger partial charge in [-0.25, -0.2) is 0 Å². The summed E-state index contributed by atoms with van der Waals surface area (Å²) in [6, 6.07) is 7.87. The van der Waals surface area contributed by atoms with Gasteiger partial charge in [0.25, 0.3) is 5.91 Å². The Morgan fingerprint density at radius 1 is 0.906 bits per heavy atom. The molecule has 1 atom stereocenters. The maximum absolute atomic E-state index is 13.0. The Labute approximate surface area is 177 Å². The number of hydrogen-bond donors (Lipinski definition) is 3. The van der Waals surface area contributed by atoms with Crippen LogP contribution in [-0.4, -0.2) is 23.2 Å². The van der Waals surface area contributed by atoms with E-state index in [-0.39, 0.29) is 11.4 Å². The Balaban J connectivity index is 2.18. The van der Waals surface area contributed by atoms with Crippen LogP contribution < -0.4 is 10.6 Å². The molecule has 0 heterocycles. The van der Waals surface area contributed by atoms with E-state index in [0.717, 1.165) is 31.2 Å². The Morgan fingerprint density at radius 3 is 1.78 bits per heavy atom. The molecular weight excluding hydrogens is 442 g/mol. The predicted octanol–water partition coefficient (Wildman–Crippen LogP) is 4.27. The Kier molecular flexibility index (Phi) is 6.71. The van der Waals surface area contributed by atoms with Gasteiger partial charge in [-0.2, -0.15) is 36.9 Å². The summed E-state index contributed by atoms with van der Waals surface area (Å²) in [7, 11) is 0. The van der Waals surface area contributed by atoms with Crippen LogP contribution in [0.1, 0.15) is 29.2 Å². The van der Waals surface area contributed by atoms with E-state index in [1.165, 1.54) is 12.1 Å². The van der Waals surface area contributed by atoms with Crippen molar-refractivity contribution in [2.75, 3.05) is 17.2 Å². The van der Waals surface area contributed by atoms with Crippen LogP contribution in [-0.2, 0) is 17.1 Å². The number of carbonyl (C=O) groups is 1. The molecule has 0 radical (unpaired) electrons. The van der Waals surface area contributed by atoms with Crippen LogP contribution in [0.5, 0.6) is 0 Å². The van der Waals surface area contributed by atoms with Gasteiger partial charge < -0.3 is 15.7 Å². The van der Waals surface area contributed by atoms with Crippen molar-refractivity contribution in [3.05, 3.63) is 58.7 Å². The van der Waals surface area contributed by atoms with Crippen LogP contribution in [0.4, 0.5) is 37.7 Å². The molecule has 2 aromatic rings. The molecule has 12 heteroatoms. The summed E-state index contributed by atoms with van der Waals surface area (Å²) in [4.78, 5) is 12.3. The average Bonchev–Trinajstić information content (AvgIpc) is 2.70. The second-order valence-electron chi connectivity index (χ2n) is 6.82. The standard InChI is InChI=1S/C20H14F6N4O2/c1-18(32,10-29-13-4-2-11(8-27)15(6-13)19(21,22)23)17(31)30-14-5-3-12(9-28)16(7-14)20(24,25)26/h2-7,29,32H,10H2,1H3,(H,30,31)/t18-/m0/s1. The van der Waals surface area contributed by atoms with Gasteiger partial charge in [0.05, 0.1) is 40.9 Å². The first kappa shape index (κ1) is 24.5. The fraction of sp³-hybridized carbons (Fsp3) is 0.250. The summed E-state index contributed by atoms with van der Waals surface area (Å²) in [5, 5.41) is 32.4. The summed E-state index contributed by atoms with van der Waals surface area (Å²) in [5.74, 6) is -1.15. The van der Waals surface area contributed by atoms with Gasteiger partial charge in [0, 0.05) is 11.4 Å². The lowest BCUT2D eigenvalue weighted by atomic mass is 10.0. The number of amides is 1. The number of anilines is 2. The third-order valence-corrected chi connectivity index (χ3v) is 4.27. The van der Waals surface area contributed by atoms with Crippen LogP contribution in [0.15, 0.2) is 36.4 Å². The van der Waals surface area contributed by atoms with Gasteiger partial charge in [0.1, 0.15) is 0 Å². The van der Waals surface area contributed by atoms with Gasteiger partial charge in [-0.1, -0.05) is 0 Å². The number of carbonyl (C=O) groups excluding carboxylic acids is 1. The number of nitriles is 2. The molecule has 2 aromatic carbocycles. The molecule has 1 amide bonds. The fourth-order valence-electron chi connectivity index (χ4n) is 2.56. The highest BCUT2D eigenvalue weighted by Gasteiger charge is 2.36. The molecule has 0 bridgehead atoms. The van der Waals surface area contributed by atoms with Crippen molar-refractivity contribution < 1.29 is 36.2 Å². The Morgan fingerprint density at radius 2 is 1.34 bits per heavy atom. The summed E-state index contributed by atoms with van der Waals surface area (Å²) in [6.45, 7) is 0.391. The van der Waals surface area contributed by atoms with E-state index in [1.807, 2.05) is 0 Å². The minimum absolute atomic E-state index is 0.151. The molecule has 168 valence electrons. The van der Waals surface area contributed by atoms with Gasteiger partial charge in [-0.3, -0.25) is 4.79 Å². The molecule has 0 aliphatic heterocycles. The minimum Gasteiger partial charge on any atom is -0.382 e. The molecule has 0 fully saturated rings. The quantitative estimate of drug-likeness (QED) is 0.583. The highest BCUT2D eigenvalue weighted by Crippen LogP contribution is 2.35. The van der Waals surface area contributed by atoms with Crippen LogP contribution >= 0.6 is 0 Å². The molecule has 2 rings (SSSR count). The van der Waals surface area contributed by atoms with Crippen molar-refractivity contribution in [3.8, 4) is 12.1 Å². The number of aliphatic hydroxyl groups is 1. The number of nitrogens with one attached hydrogen (secondary N) is 2. The smallest absolute Gasteiger partial charge is 0.382 e. The van der Waals surface area contributed by atoms with Crippen molar-refractivity contribution in [2.24, 2.45) is 0 Å². The first-order valence-corrected chi connectivity index (χ1v) is 8.69. The molecule has 6 nitrogen and oxygen atoms in total. The van der Waals surface area contributed by atoms with Crippen LogP contribution in [0.3, 0.4) is 0 Å². The molecule has 0 spiro atoms. The third-order valence-electron chi connectivity index (χ3n) is 4.27. The molecule has 0 aliphatic carbocycles. The van der Waals surface area contributed by atoms with E-state index in [9.17, 15) is 36.2 Å². The summed E-state index contributed by atoms with van der Waals surface area (Å²) in [5.41, 5.74) is -6.53. The molecule has 0 saturated carbocycles. The molecule has 0 unspecified atom stereocenters. The average molecular weight is 456 g/mol. The summed E-state index contributed by atoms with van der Waals surface area (Å²) >= 11 is 0. The zero-order chi connectivity index (χ0) is 24.3. The van der Waals surface area contributed by atoms with Crippen LogP contribution in [0.2, 0.25) is 0 Å². The lowest BCUT2D eigenvalue weighted by Crippen LogP contribution is -2.45. The van der Waals surface area contributed by atoms with Gasteiger partial charge in [0.15, 0.2) is 5.60 Å². The fourth-order valence-corrected chi connectivity index (χ4v) is 2.56. The van der Waals surface area contributed by atoms with Crippen molar-refractivity contribution in [1.82, 2.24) is 0 Å². The number of benzene rings is 2. The maximum Gasteiger partial charge on any atom is 0.417 e. The molecule has 32 heavy (non-hydrogen) atoms. The van der Waals surface area contributed by atoms with E-state index in [0.29, 0.717) is 12.1 Å². The first-order valence-electron chi connectivity index (χ1n) is 8.69. The second-order valence-corrected chi connectivity index (χ2v) is 6.82. The van der Waals surface area contributed by atoms with Gasteiger partial charge in [-0.15, -0.1) is 0 Å². The summed E-state index contributed by atoms with van der Waals surface area (Å²) < 4.78 is 78.2. The van der Waals surface area contributed by atoms with E-state index >= 15 is 0 Å². The van der Waals surface area contributed by atoms with Crippen molar-refractivity contribution >= 4 is 17.3 Å². The number of nitrogens with zero attached hydrogens (tertiary/aromatic N) is 2. The SMILES string of the molecule is C[C@](O)(CNc1ccc(C#N)c(C(F)(F)F)c1)C(=O)Nc1ccc(C#N)c(C(F)(F)F)c1. The minimum atomic E-state index is -4.86. The predicted molar refractivity (Wildman–Crippen MR) is 100 cm³/mol. The number of alkyl halides is 6. The van der Waals surface area contributed by atoms with Gasteiger partial charge in [-0.05, 0) is 43.3 Å². The number of hydrogen-bond acceptors (Lipinski definition) is 5. The van der Waals surface area contributed by atoms with Crippen LogP contribution in [0.25, 0.3) is 0 Å². The van der Waals surface area contributed by atoms with Crippen molar-refractivity contribution in [3.63, 3.8) is 0 Å². The second kappa shape index (κ2) is 8.77. The highest BCUT2D eigenvalue weighted by atomic mass is 19.4. The molecule has 0 aromatic heterocycles. The lowest BCUT2D eigenvalue weighted by molar-refractivity contribution is -0.138. The molecular formula is C20H14F6N4O2. The number of halogens is 6. The maximum atomic E-state index is 13.0. The van der Waals surface area contributed by atoms with Gasteiger partial charge in [0.2, 0.25) is 0 Å². The van der Waals surface area contributed by atoms with Crippen LogP contribution in [0, 0.1) is 22.7 Å². The monoisotopic (exact) mass is 456 g/mol. The zero-order valence-corrected chi connectivity index (χ0v) is 16.2. The Hall–Kier alpha value is -3.77. The molecule has 3 N–H and O–H groups in total. The molecule has 0 aliphatic rings. The van der Waals surface area contributed by atoms with E-state index in [4.69, 9.17) is 10.5 Å². The normalized spacial score (nSPS) is 13.4. The van der Waals surface area contributed by atoms with E-state index < -0.39 is 52.7 Å². The van der Waals surface area contributed by atoms with E-state index in [1.54, 1.807) is 0 Å². The summed E-state index contributed by atoms with van der Waals surface area (Å²) in [6.07, 6.45) is -9.67. The van der Waals surface area contributed by atoms with Crippen molar-refractivity contribution in [2.45, 2.75) is 24.9 Å². The molecule has 0 saturated heterocycles. The third kappa shape index (κ3) is 5.68. The zero-order valence-electron chi connectivity index (χ0n) is 16.2. The highest BCUT2D eigenvalue weighted by molar-refractivity contribution is 5.97. The lowest BCUT2D eigenvalue weighted by Gasteiger charge is -2.24. The largest absolute Gasteiger partial charge is 0.417 e. The first-order chi connectivity index (χ1) is 14.7. The van der Waals surface area contributed by atoms with Gasteiger partial charge >= 0.3 is 12.4 Å². The van der Waals surface area contributed by atoms with E-state index in [2.05, 4.69) is 10.6 Å².